The number of likely N-dealkylation sites (tertiary alicyclic amines) is 1. The first kappa shape index (κ1) is 37.7. The van der Waals surface area contributed by atoms with Gasteiger partial charge in [0.05, 0.1) is 49.2 Å². The maximum absolute atomic E-state index is 13.7. The quantitative estimate of drug-likeness (QED) is 0.160. The lowest BCUT2D eigenvalue weighted by Crippen LogP contribution is -2.54. The third-order valence-corrected chi connectivity index (χ3v) is 11.0. The lowest BCUT2D eigenvalue weighted by atomic mass is 10.0. The summed E-state index contributed by atoms with van der Waals surface area (Å²) in [5, 5.41) is 5.40. The van der Waals surface area contributed by atoms with Crippen molar-refractivity contribution in [2.45, 2.75) is 64.7 Å². The van der Waals surface area contributed by atoms with Gasteiger partial charge in [-0.2, -0.15) is 11.8 Å². The Morgan fingerprint density at radius 2 is 1.40 bits per heavy atom. The van der Waals surface area contributed by atoms with Crippen LogP contribution in [0.1, 0.15) is 64.3 Å². The highest BCUT2D eigenvalue weighted by Gasteiger charge is 2.38. The summed E-state index contributed by atoms with van der Waals surface area (Å²) in [6.45, 7) is 8.74. The molecule has 14 nitrogen and oxygen atoms in total. The Kier molecular flexibility index (Phi) is 11.6. The topological polar surface area (TPSA) is 175 Å². The largest absolute Gasteiger partial charge is 0.453 e. The molecule has 0 spiro atoms. The Balaban J connectivity index is 1.17. The monoisotopic (exact) mass is 744 g/mol. The SMILES string of the molecule is COC(=O)N[C@H](C(=O)N1CCSC[C@H]1c1ncc(-c2ccc(-c3ccc4nc([C@@H]5CCCN5C(=O)[C@@H](NC(=O)OC)C(C)C)[nH]c4c3)cc2)[nH]1)C(C)C. The summed E-state index contributed by atoms with van der Waals surface area (Å²) in [6, 6.07) is 12.4. The number of hydrogen-bond donors (Lipinski definition) is 4. The van der Waals surface area contributed by atoms with Crippen LogP contribution in [0, 0.1) is 11.8 Å². The number of H-pyrrole nitrogens is 2. The van der Waals surface area contributed by atoms with E-state index < -0.39 is 24.3 Å². The van der Waals surface area contributed by atoms with E-state index in [0.29, 0.717) is 24.7 Å². The smallest absolute Gasteiger partial charge is 0.407 e. The van der Waals surface area contributed by atoms with E-state index in [2.05, 4.69) is 38.8 Å². The van der Waals surface area contributed by atoms with Gasteiger partial charge in [0.25, 0.3) is 0 Å². The minimum absolute atomic E-state index is 0.111. The van der Waals surface area contributed by atoms with Crippen molar-refractivity contribution < 1.29 is 28.7 Å². The zero-order valence-electron chi connectivity index (χ0n) is 31.0. The number of nitrogens with zero attached hydrogens (tertiary/aromatic N) is 4. The third kappa shape index (κ3) is 8.14. The lowest BCUT2D eigenvalue weighted by Gasteiger charge is -2.37. The van der Waals surface area contributed by atoms with Gasteiger partial charge in [0, 0.05) is 24.6 Å². The minimum atomic E-state index is -0.705. The molecule has 0 aliphatic carbocycles. The molecule has 2 aliphatic heterocycles. The van der Waals surface area contributed by atoms with Gasteiger partial charge in [0.2, 0.25) is 11.8 Å². The maximum Gasteiger partial charge on any atom is 0.407 e. The number of thioether (sulfide) groups is 1. The molecule has 2 aromatic carbocycles. The van der Waals surface area contributed by atoms with E-state index in [1.807, 2.05) is 61.8 Å². The van der Waals surface area contributed by atoms with E-state index in [-0.39, 0.29) is 35.7 Å². The summed E-state index contributed by atoms with van der Waals surface area (Å²) in [7, 11) is 2.58. The second-order valence-electron chi connectivity index (χ2n) is 14.1. The average Bonchev–Trinajstić information content (AvgIpc) is 3.95. The van der Waals surface area contributed by atoms with Gasteiger partial charge in [-0.3, -0.25) is 9.59 Å². The second-order valence-corrected chi connectivity index (χ2v) is 15.3. The third-order valence-electron chi connectivity index (χ3n) is 9.99. The van der Waals surface area contributed by atoms with E-state index in [4.69, 9.17) is 19.4 Å². The maximum atomic E-state index is 13.7. The number of ether oxygens (including phenoxy) is 2. The molecule has 0 bridgehead atoms. The van der Waals surface area contributed by atoms with Crippen molar-refractivity contribution in [2.24, 2.45) is 11.8 Å². The number of carbonyl (C=O) groups excluding carboxylic acids is 4. The van der Waals surface area contributed by atoms with Gasteiger partial charge in [0.1, 0.15) is 23.7 Å². The van der Waals surface area contributed by atoms with E-state index in [1.54, 1.807) is 18.0 Å². The van der Waals surface area contributed by atoms with Crippen LogP contribution in [0.5, 0.6) is 0 Å². The van der Waals surface area contributed by atoms with Gasteiger partial charge >= 0.3 is 12.2 Å². The van der Waals surface area contributed by atoms with Gasteiger partial charge in [-0.1, -0.05) is 58.0 Å². The number of carbonyl (C=O) groups is 4. The Labute approximate surface area is 313 Å². The van der Waals surface area contributed by atoms with Crippen molar-refractivity contribution in [3.63, 3.8) is 0 Å². The zero-order chi connectivity index (χ0) is 37.8. The average molecular weight is 745 g/mol. The van der Waals surface area contributed by atoms with Gasteiger partial charge < -0.3 is 39.9 Å². The highest BCUT2D eigenvalue weighted by Crippen LogP contribution is 2.35. The van der Waals surface area contributed by atoms with Crippen molar-refractivity contribution in [1.29, 1.82) is 0 Å². The van der Waals surface area contributed by atoms with Crippen LogP contribution in [0.4, 0.5) is 9.59 Å². The molecule has 2 aliphatic rings. The van der Waals surface area contributed by atoms with Crippen LogP contribution in [0.15, 0.2) is 48.7 Å². The molecule has 4 amide bonds. The van der Waals surface area contributed by atoms with Crippen LogP contribution in [0.25, 0.3) is 33.4 Å². The molecule has 6 rings (SSSR count). The van der Waals surface area contributed by atoms with Crippen LogP contribution < -0.4 is 10.6 Å². The fourth-order valence-corrected chi connectivity index (χ4v) is 8.08. The first-order valence-corrected chi connectivity index (χ1v) is 19.2. The standard InChI is InChI=1S/C38H48N8O6S/c1-21(2)31(43-37(49)51-5)35(47)45-15-7-8-29(45)34-40-26-14-13-25(18-27(26)41-34)23-9-11-24(12-10-23)28-19-39-33(42-28)30-20-53-17-16-46(30)36(48)32(22(3)4)44-38(50)52-6/h9-14,18-19,21-22,29-32H,7-8,15-17,20H2,1-6H3,(H,39,42)(H,40,41)(H,43,49)(H,44,50)/t29-,30-,31-,32-/m0/s1. The number of nitrogens with one attached hydrogen (secondary N) is 4. The number of amides is 4. The number of benzene rings is 2. The second kappa shape index (κ2) is 16.3. The lowest BCUT2D eigenvalue weighted by molar-refractivity contribution is -0.137. The number of imidazole rings is 2. The number of methoxy groups -OCH3 is 2. The molecule has 15 heteroatoms. The van der Waals surface area contributed by atoms with E-state index in [1.165, 1.54) is 14.2 Å². The van der Waals surface area contributed by atoms with E-state index in [0.717, 1.165) is 57.8 Å². The van der Waals surface area contributed by atoms with Crippen LogP contribution >= 0.6 is 11.8 Å². The number of rotatable bonds is 10. The summed E-state index contributed by atoms with van der Waals surface area (Å²) >= 11 is 1.77. The molecule has 0 saturated carbocycles. The Bertz CT molecular complexity index is 1940. The minimum Gasteiger partial charge on any atom is -0.453 e. The van der Waals surface area contributed by atoms with Crippen LogP contribution in [0.2, 0.25) is 0 Å². The molecule has 4 atom stereocenters. The molecule has 0 radical (unpaired) electrons. The van der Waals surface area contributed by atoms with Gasteiger partial charge in [-0.25, -0.2) is 19.6 Å². The highest BCUT2D eigenvalue weighted by molar-refractivity contribution is 7.99. The number of aromatic nitrogens is 4. The molecular formula is C38H48N8O6S. The summed E-state index contributed by atoms with van der Waals surface area (Å²) in [6.07, 6.45) is 2.15. The van der Waals surface area contributed by atoms with Crippen LogP contribution in [0.3, 0.4) is 0 Å². The van der Waals surface area contributed by atoms with Crippen molar-refractivity contribution in [2.75, 3.05) is 38.8 Å². The van der Waals surface area contributed by atoms with Crippen molar-refractivity contribution in [1.82, 2.24) is 40.4 Å². The number of aromatic amines is 2. The Morgan fingerprint density at radius 3 is 2.02 bits per heavy atom. The Hall–Kier alpha value is -5.05. The molecule has 4 N–H and O–H groups in total. The van der Waals surface area contributed by atoms with Gasteiger partial charge in [-0.05, 0) is 53.5 Å². The Morgan fingerprint density at radius 1 is 0.792 bits per heavy atom. The van der Waals surface area contributed by atoms with Crippen LogP contribution in [-0.4, -0.2) is 105 Å². The predicted molar refractivity (Wildman–Crippen MR) is 203 cm³/mol. The first-order chi connectivity index (χ1) is 25.5. The predicted octanol–water partition coefficient (Wildman–Crippen LogP) is 5.66. The van der Waals surface area contributed by atoms with E-state index in [9.17, 15) is 19.2 Å². The fourth-order valence-electron chi connectivity index (χ4n) is 7.03. The van der Waals surface area contributed by atoms with Crippen molar-refractivity contribution in [3.8, 4) is 22.4 Å². The molecular weight excluding hydrogens is 697 g/mol. The summed E-state index contributed by atoms with van der Waals surface area (Å²) in [5.74, 6) is 2.40. The van der Waals surface area contributed by atoms with Crippen LogP contribution in [-0.2, 0) is 19.1 Å². The molecule has 4 aromatic rings. The molecule has 0 unspecified atom stereocenters. The molecule has 282 valence electrons. The summed E-state index contributed by atoms with van der Waals surface area (Å²) < 4.78 is 9.53. The molecule has 2 fully saturated rings. The molecule has 2 saturated heterocycles. The molecule has 4 heterocycles. The zero-order valence-corrected chi connectivity index (χ0v) is 31.8. The van der Waals surface area contributed by atoms with Crippen molar-refractivity contribution >= 4 is 46.8 Å². The highest BCUT2D eigenvalue weighted by atomic mass is 32.2. The summed E-state index contributed by atoms with van der Waals surface area (Å²) in [5.41, 5.74) is 5.52. The number of alkyl carbamates (subject to hydrolysis) is 2. The van der Waals surface area contributed by atoms with Gasteiger partial charge in [-0.15, -0.1) is 0 Å². The summed E-state index contributed by atoms with van der Waals surface area (Å²) in [4.78, 5) is 71.3. The normalized spacial score (nSPS) is 18.6. The first-order valence-electron chi connectivity index (χ1n) is 18.0. The van der Waals surface area contributed by atoms with E-state index >= 15 is 0 Å². The number of hydrogen-bond acceptors (Lipinski definition) is 9. The molecule has 53 heavy (non-hydrogen) atoms. The van der Waals surface area contributed by atoms with Crippen molar-refractivity contribution in [3.05, 3.63) is 60.3 Å². The number of fused-ring (bicyclic) bond motifs is 1. The van der Waals surface area contributed by atoms with Gasteiger partial charge in [0.15, 0.2) is 0 Å². The fraction of sp³-hybridized carbons (Fsp3) is 0.474. The molecule has 2 aromatic heterocycles.